The third-order valence-electron chi connectivity index (χ3n) is 4.24. The molecule has 0 saturated heterocycles. The van der Waals surface area contributed by atoms with Crippen LogP contribution in [0.2, 0.25) is 15.2 Å². The summed E-state index contributed by atoms with van der Waals surface area (Å²) in [5, 5.41) is 12.3. The van der Waals surface area contributed by atoms with Crippen LogP contribution in [0.4, 0.5) is 5.69 Å². The lowest BCUT2D eigenvalue weighted by Gasteiger charge is -2.14. The Kier molecular flexibility index (Phi) is 7.06. The van der Waals surface area contributed by atoms with Gasteiger partial charge in [-0.2, -0.15) is 0 Å². The highest BCUT2D eigenvalue weighted by atomic mass is 35.5. The maximum absolute atomic E-state index is 6.40. The van der Waals surface area contributed by atoms with Crippen molar-refractivity contribution in [1.82, 2.24) is 10.2 Å². The highest BCUT2D eigenvalue weighted by Crippen LogP contribution is 2.39. The van der Waals surface area contributed by atoms with Crippen molar-refractivity contribution in [1.29, 1.82) is 0 Å². The van der Waals surface area contributed by atoms with Crippen LogP contribution in [-0.2, 0) is 6.54 Å². The molecule has 0 aliphatic heterocycles. The zero-order valence-corrected chi connectivity index (χ0v) is 18.4. The van der Waals surface area contributed by atoms with Gasteiger partial charge in [-0.05, 0) is 41.3 Å². The molecule has 0 aliphatic rings. The Balaban J connectivity index is 1.74. The van der Waals surface area contributed by atoms with Crippen LogP contribution in [0.15, 0.2) is 42.5 Å². The van der Waals surface area contributed by atoms with Crippen LogP contribution in [0.5, 0.6) is 17.4 Å². The number of methoxy groups -OCH3 is 1. The number of anilines is 1. The van der Waals surface area contributed by atoms with Gasteiger partial charge in [0.2, 0.25) is 5.88 Å². The topological polar surface area (TPSA) is 56.3 Å². The molecular weight excluding hydrogens is 433 g/mol. The van der Waals surface area contributed by atoms with E-state index < -0.39 is 0 Å². The van der Waals surface area contributed by atoms with Crippen molar-refractivity contribution in [2.24, 2.45) is 0 Å². The molecule has 1 heterocycles. The van der Waals surface area contributed by atoms with E-state index in [2.05, 4.69) is 15.5 Å². The molecule has 3 rings (SSSR count). The van der Waals surface area contributed by atoms with Crippen LogP contribution in [0, 0.1) is 0 Å². The smallest absolute Gasteiger partial charge is 0.239 e. The standard InChI is InChI=1S/C21H20Cl3N3O2/c1-12(2)16-10-19(26-27-21(16)24)29-20-17(22)8-14(9-18(20)23)25-11-13-4-6-15(28-3)7-5-13/h4-10,12,25H,11H2,1-3H3. The number of aromatic nitrogens is 2. The van der Waals surface area contributed by atoms with Crippen molar-refractivity contribution in [3.63, 3.8) is 0 Å². The Morgan fingerprint density at radius 1 is 0.966 bits per heavy atom. The molecule has 0 spiro atoms. The van der Waals surface area contributed by atoms with Crippen molar-refractivity contribution in [3.8, 4) is 17.4 Å². The lowest BCUT2D eigenvalue weighted by Crippen LogP contribution is -2.01. The van der Waals surface area contributed by atoms with Crippen molar-refractivity contribution in [3.05, 3.63) is 68.8 Å². The summed E-state index contributed by atoms with van der Waals surface area (Å²) in [5.74, 6) is 1.58. The molecule has 29 heavy (non-hydrogen) atoms. The predicted molar refractivity (Wildman–Crippen MR) is 118 cm³/mol. The van der Waals surface area contributed by atoms with E-state index in [0.717, 1.165) is 22.6 Å². The Hall–Kier alpha value is -2.21. The number of benzene rings is 2. The molecular formula is C21H20Cl3N3O2. The van der Waals surface area contributed by atoms with Crippen LogP contribution in [0.3, 0.4) is 0 Å². The zero-order chi connectivity index (χ0) is 21.0. The van der Waals surface area contributed by atoms with Crippen LogP contribution in [-0.4, -0.2) is 17.3 Å². The van der Waals surface area contributed by atoms with Crippen LogP contribution >= 0.6 is 34.8 Å². The Morgan fingerprint density at radius 2 is 1.62 bits per heavy atom. The van der Waals surface area contributed by atoms with Gasteiger partial charge < -0.3 is 14.8 Å². The van der Waals surface area contributed by atoms with Crippen molar-refractivity contribution < 1.29 is 9.47 Å². The number of halogens is 3. The maximum atomic E-state index is 6.40. The van der Waals surface area contributed by atoms with Crippen molar-refractivity contribution in [2.45, 2.75) is 26.3 Å². The molecule has 0 radical (unpaired) electrons. The first-order valence-electron chi connectivity index (χ1n) is 8.94. The minimum absolute atomic E-state index is 0.177. The van der Waals surface area contributed by atoms with E-state index in [9.17, 15) is 0 Å². The van der Waals surface area contributed by atoms with E-state index in [4.69, 9.17) is 44.3 Å². The van der Waals surface area contributed by atoms with Gasteiger partial charge in [0, 0.05) is 18.3 Å². The molecule has 1 N–H and O–H groups in total. The molecule has 0 amide bonds. The summed E-state index contributed by atoms with van der Waals surface area (Å²) >= 11 is 18.9. The van der Waals surface area contributed by atoms with E-state index in [1.807, 2.05) is 38.1 Å². The van der Waals surface area contributed by atoms with E-state index in [-0.39, 0.29) is 11.8 Å². The molecule has 1 aromatic heterocycles. The van der Waals surface area contributed by atoms with E-state index in [1.165, 1.54) is 0 Å². The number of rotatable bonds is 7. The third kappa shape index (κ3) is 5.44. The molecule has 3 aromatic rings. The molecule has 0 fully saturated rings. The second-order valence-electron chi connectivity index (χ2n) is 6.66. The normalized spacial score (nSPS) is 10.9. The first-order chi connectivity index (χ1) is 13.9. The van der Waals surface area contributed by atoms with Gasteiger partial charge in [-0.15, -0.1) is 10.2 Å². The van der Waals surface area contributed by atoms with Gasteiger partial charge in [-0.1, -0.05) is 60.8 Å². The minimum Gasteiger partial charge on any atom is -0.497 e. The Bertz CT molecular complexity index is 972. The summed E-state index contributed by atoms with van der Waals surface area (Å²) in [6.07, 6.45) is 0. The first kappa shape index (κ1) is 21.5. The summed E-state index contributed by atoms with van der Waals surface area (Å²) in [7, 11) is 1.64. The second kappa shape index (κ2) is 9.53. The van der Waals surface area contributed by atoms with Gasteiger partial charge in [-0.3, -0.25) is 0 Å². The molecule has 152 valence electrons. The van der Waals surface area contributed by atoms with E-state index >= 15 is 0 Å². The molecule has 5 nitrogen and oxygen atoms in total. The highest BCUT2D eigenvalue weighted by molar-refractivity contribution is 6.37. The fourth-order valence-electron chi connectivity index (χ4n) is 2.64. The van der Waals surface area contributed by atoms with Crippen LogP contribution < -0.4 is 14.8 Å². The molecule has 2 aromatic carbocycles. The fourth-order valence-corrected chi connectivity index (χ4v) is 3.51. The van der Waals surface area contributed by atoms with Crippen molar-refractivity contribution in [2.75, 3.05) is 12.4 Å². The summed E-state index contributed by atoms with van der Waals surface area (Å²) in [5.41, 5.74) is 2.70. The molecule has 0 bridgehead atoms. The summed E-state index contributed by atoms with van der Waals surface area (Å²) in [6.45, 7) is 4.63. The number of hydrogen-bond acceptors (Lipinski definition) is 5. The average Bonchev–Trinajstić information content (AvgIpc) is 2.70. The minimum atomic E-state index is 0.177. The SMILES string of the molecule is COc1ccc(CNc2cc(Cl)c(Oc3cc(C(C)C)c(Cl)nn3)c(Cl)c2)cc1. The van der Waals surface area contributed by atoms with Crippen LogP contribution in [0.25, 0.3) is 0 Å². The lowest BCUT2D eigenvalue weighted by atomic mass is 10.1. The number of ether oxygens (including phenoxy) is 2. The third-order valence-corrected chi connectivity index (χ3v) is 5.09. The quantitative estimate of drug-likeness (QED) is 0.419. The highest BCUT2D eigenvalue weighted by Gasteiger charge is 2.15. The molecule has 0 atom stereocenters. The van der Waals surface area contributed by atoms with Crippen LogP contribution in [0.1, 0.15) is 30.9 Å². The Morgan fingerprint density at radius 3 is 2.21 bits per heavy atom. The second-order valence-corrected chi connectivity index (χ2v) is 7.83. The van der Waals surface area contributed by atoms with Gasteiger partial charge in [0.05, 0.1) is 17.2 Å². The number of nitrogens with one attached hydrogen (secondary N) is 1. The summed E-state index contributed by atoms with van der Waals surface area (Å²) in [6, 6.07) is 13.0. The zero-order valence-electron chi connectivity index (χ0n) is 16.2. The van der Waals surface area contributed by atoms with E-state index in [0.29, 0.717) is 27.5 Å². The summed E-state index contributed by atoms with van der Waals surface area (Å²) in [4.78, 5) is 0. The molecule has 0 unspecified atom stereocenters. The van der Waals surface area contributed by atoms with E-state index in [1.54, 1.807) is 25.3 Å². The predicted octanol–water partition coefficient (Wildman–Crippen LogP) is 6.97. The summed E-state index contributed by atoms with van der Waals surface area (Å²) < 4.78 is 11.0. The van der Waals surface area contributed by atoms with Gasteiger partial charge in [0.25, 0.3) is 0 Å². The van der Waals surface area contributed by atoms with Gasteiger partial charge in [0.15, 0.2) is 10.9 Å². The number of nitrogens with zero attached hydrogens (tertiary/aromatic N) is 2. The van der Waals surface area contributed by atoms with Gasteiger partial charge in [-0.25, -0.2) is 0 Å². The average molecular weight is 453 g/mol. The molecule has 0 aliphatic carbocycles. The largest absolute Gasteiger partial charge is 0.497 e. The first-order valence-corrected chi connectivity index (χ1v) is 10.1. The Labute approximate surface area is 184 Å². The molecule has 8 heteroatoms. The van der Waals surface area contributed by atoms with Gasteiger partial charge >= 0.3 is 0 Å². The monoisotopic (exact) mass is 451 g/mol. The lowest BCUT2D eigenvalue weighted by molar-refractivity contribution is 0.414. The fraction of sp³-hybridized carbons (Fsp3) is 0.238. The maximum Gasteiger partial charge on any atom is 0.239 e. The van der Waals surface area contributed by atoms with Gasteiger partial charge in [0.1, 0.15) is 5.75 Å². The number of hydrogen-bond donors (Lipinski definition) is 1. The molecule has 0 saturated carbocycles. The van der Waals surface area contributed by atoms with Crippen molar-refractivity contribution >= 4 is 40.5 Å².